The zero-order valence-electron chi connectivity index (χ0n) is 15.0. The molecule has 0 aliphatic rings. The molecule has 0 fully saturated rings. The number of benzene rings is 2. The van der Waals surface area contributed by atoms with E-state index in [4.69, 9.17) is 4.74 Å². The lowest BCUT2D eigenvalue weighted by Crippen LogP contribution is -2.24. The second-order valence-electron chi connectivity index (χ2n) is 5.62. The molecule has 2 aromatic rings. The molecule has 0 aromatic heterocycles. The van der Waals surface area contributed by atoms with Crippen LogP contribution in [0.15, 0.2) is 66.0 Å². The highest BCUT2D eigenvalue weighted by atomic mass is 19.4. The Bertz CT molecular complexity index is 870. The number of hydrogen-bond acceptors (Lipinski definition) is 5. The molecule has 0 saturated carbocycles. The van der Waals surface area contributed by atoms with Gasteiger partial charge in [0.2, 0.25) is 0 Å². The molecule has 0 unspecified atom stereocenters. The highest BCUT2D eigenvalue weighted by Gasteiger charge is 2.30. The molecule has 0 spiro atoms. The number of halogens is 3. The van der Waals surface area contributed by atoms with E-state index in [9.17, 15) is 23.2 Å². The molecule has 5 nitrogen and oxygen atoms in total. The second kappa shape index (κ2) is 9.46. The summed E-state index contributed by atoms with van der Waals surface area (Å²) in [6.45, 7) is 1.97. The zero-order valence-corrected chi connectivity index (χ0v) is 15.0. The quantitative estimate of drug-likeness (QED) is 0.422. The number of carbonyl (C=O) groups is 1. The predicted molar refractivity (Wildman–Crippen MR) is 97.6 cm³/mol. The molecule has 0 atom stereocenters. The molecule has 8 heteroatoms. The van der Waals surface area contributed by atoms with Crippen LogP contribution in [0.2, 0.25) is 0 Å². The average Bonchev–Trinajstić information content (AvgIpc) is 2.67. The standard InChI is InChI=1S/C20H18F3N3O2/c1-2-28-19(27)17(12-24)18(25-13-14-6-4-3-5-7-14)26-16-10-8-15(9-11-16)20(21,22)23/h3-11,25-26H,2,13H2,1H3/b18-17-. The molecular weight excluding hydrogens is 371 g/mol. The zero-order chi connectivity index (χ0) is 20.6. The summed E-state index contributed by atoms with van der Waals surface area (Å²) in [4.78, 5) is 12.1. The van der Waals surface area contributed by atoms with Crippen LogP contribution >= 0.6 is 0 Å². The summed E-state index contributed by atoms with van der Waals surface area (Å²) in [5.41, 5.74) is 0.0559. The molecule has 0 radical (unpaired) electrons. The summed E-state index contributed by atoms with van der Waals surface area (Å²) in [6.07, 6.45) is -4.45. The number of esters is 1. The number of ether oxygens (including phenoxy) is 1. The van der Waals surface area contributed by atoms with Crippen LogP contribution in [-0.4, -0.2) is 12.6 Å². The topological polar surface area (TPSA) is 74.2 Å². The van der Waals surface area contributed by atoms with Gasteiger partial charge in [-0.2, -0.15) is 18.4 Å². The first kappa shape index (κ1) is 20.8. The van der Waals surface area contributed by atoms with E-state index in [-0.39, 0.29) is 30.2 Å². The van der Waals surface area contributed by atoms with Crippen LogP contribution in [0, 0.1) is 11.3 Å². The molecule has 0 aliphatic heterocycles. The molecule has 146 valence electrons. The lowest BCUT2D eigenvalue weighted by molar-refractivity contribution is -0.138. The van der Waals surface area contributed by atoms with Crippen molar-refractivity contribution in [1.29, 1.82) is 5.26 Å². The number of hydrogen-bond donors (Lipinski definition) is 2. The van der Waals surface area contributed by atoms with Gasteiger partial charge < -0.3 is 15.4 Å². The van der Waals surface area contributed by atoms with Crippen molar-refractivity contribution in [2.24, 2.45) is 0 Å². The van der Waals surface area contributed by atoms with Gasteiger partial charge in [-0.1, -0.05) is 30.3 Å². The van der Waals surface area contributed by atoms with Gasteiger partial charge in [0, 0.05) is 12.2 Å². The van der Waals surface area contributed by atoms with E-state index in [0.29, 0.717) is 0 Å². The molecule has 0 saturated heterocycles. The summed E-state index contributed by atoms with van der Waals surface area (Å²) in [6, 6.07) is 15.2. The largest absolute Gasteiger partial charge is 0.462 e. The SMILES string of the molecule is CCOC(=O)/C(C#N)=C(/NCc1ccccc1)Nc1ccc(C(F)(F)F)cc1. The maximum absolute atomic E-state index is 12.7. The lowest BCUT2D eigenvalue weighted by atomic mass is 10.2. The van der Waals surface area contributed by atoms with Crippen LogP contribution < -0.4 is 10.6 Å². The van der Waals surface area contributed by atoms with Crippen LogP contribution in [-0.2, 0) is 22.3 Å². The Kier molecular flexibility index (Phi) is 7.04. The maximum atomic E-state index is 12.7. The number of rotatable bonds is 7. The fraction of sp³-hybridized carbons (Fsp3) is 0.200. The first-order valence-electron chi connectivity index (χ1n) is 8.38. The molecule has 2 aromatic carbocycles. The van der Waals surface area contributed by atoms with Crippen molar-refractivity contribution in [3.05, 3.63) is 77.1 Å². The van der Waals surface area contributed by atoms with E-state index in [0.717, 1.165) is 17.7 Å². The molecule has 0 heterocycles. The number of alkyl halides is 3. The van der Waals surface area contributed by atoms with Crippen molar-refractivity contribution in [2.75, 3.05) is 11.9 Å². The fourth-order valence-corrected chi connectivity index (χ4v) is 2.28. The number of anilines is 1. The molecule has 0 amide bonds. The molecule has 0 aliphatic carbocycles. The Morgan fingerprint density at radius 3 is 2.29 bits per heavy atom. The van der Waals surface area contributed by atoms with Crippen molar-refractivity contribution in [2.45, 2.75) is 19.6 Å². The Morgan fingerprint density at radius 1 is 1.11 bits per heavy atom. The predicted octanol–water partition coefficient (Wildman–Crippen LogP) is 4.21. The van der Waals surface area contributed by atoms with Crippen LogP contribution in [0.1, 0.15) is 18.1 Å². The molecule has 28 heavy (non-hydrogen) atoms. The first-order chi connectivity index (χ1) is 13.3. The molecular formula is C20H18F3N3O2. The van der Waals surface area contributed by atoms with E-state index >= 15 is 0 Å². The van der Waals surface area contributed by atoms with Gasteiger partial charge in [-0.25, -0.2) is 4.79 Å². The number of carbonyl (C=O) groups excluding carboxylic acids is 1. The van der Waals surface area contributed by atoms with Crippen LogP contribution in [0.5, 0.6) is 0 Å². The maximum Gasteiger partial charge on any atom is 0.416 e. The van der Waals surface area contributed by atoms with E-state index in [1.807, 2.05) is 30.3 Å². The smallest absolute Gasteiger partial charge is 0.416 e. The fourth-order valence-electron chi connectivity index (χ4n) is 2.28. The van der Waals surface area contributed by atoms with Crippen LogP contribution in [0.3, 0.4) is 0 Å². The Balaban J connectivity index is 2.29. The molecule has 2 rings (SSSR count). The van der Waals surface area contributed by atoms with Crippen molar-refractivity contribution in [3.8, 4) is 6.07 Å². The monoisotopic (exact) mass is 389 g/mol. The minimum Gasteiger partial charge on any atom is -0.462 e. The number of nitrogens with zero attached hydrogens (tertiary/aromatic N) is 1. The van der Waals surface area contributed by atoms with Crippen LogP contribution in [0.25, 0.3) is 0 Å². The lowest BCUT2D eigenvalue weighted by Gasteiger charge is -2.16. The summed E-state index contributed by atoms with van der Waals surface area (Å²) < 4.78 is 43.0. The van der Waals surface area contributed by atoms with Gasteiger partial charge in [-0.05, 0) is 36.8 Å². The van der Waals surface area contributed by atoms with E-state index < -0.39 is 17.7 Å². The first-order valence-corrected chi connectivity index (χ1v) is 8.38. The molecule has 0 bridgehead atoms. The Hall–Kier alpha value is -3.47. The normalized spacial score (nSPS) is 11.8. The summed E-state index contributed by atoms with van der Waals surface area (Å²) >= 11 is 0. The Morgan fingerprint density at radius 2 is 1.75 bits per heavy atom. The third-order valence-electron chi connectivity index (χ3n) is 3.64. The summed E-state index contributed by atoms with van der Waals surface area (Å²) in [5.74, 6) is -0.787. The average molecular weight is 389 g/mol. The number of nitrogens with one attached hydrogen (secondary N) is 2. The third-order valence-corrected chi connectivity index (χ3v) is 3.64. The van der Waals surface area contributed by atoms with Gasteiger partial charge in [0.05, 0.1) is 12.2 Å². The van der Waals surface area contributed by atoms with Gasteiger partial charge >= 0.3 is 12.1 Å². The van der Waals surface area contributed by atoms with Crippen molar-refractivity contribution < 1.29 is 22.7 Å². The van der Waals surface area contributed by atoms with Crippen molar-refractivity contribution >= 4 is 11.7 Å². The highest BCUT2D eigenvalue weighted by molar-refractivity contribution is 5.94. The highest BCUT2D eigenvalue weighted by Crippen LogP contribution is 2.30. The summed E-state index contributed by atoms with van der Waals surface area (Å²) in [7, 11) is 0. The van der Waals surface area contributed by atoms with Crippen molar-refractivity contribution in [1.82, 2.24) is 5.32 Å². The minimum absolute atomic E-state index is 0.0459. The van der Waals surface area contributed by atoms with E-state index in [2.05, 4.69) is 10.6 Å². The van der Waals surface area contributed by atoms with Gasteiger partial charge in [0.15, 0.2) is 5.57 Å². The van der Waals surface area contributed by atoms with Gasteiger partial charge in [-0.15, -0.1) is 0 Å². The Labute approximate surface area is 160 Å². The van der Waals surface area contributed by atoms with Gasteiger partial charge in [-0.3, -0.25) is 0 Å². The minimum atomic E-state index is -4.45. The molecule has 2 N–H and O–H groups in total. The van der Waals surface area contributed by atoms with E-state index in [1.54, 1.807) is 13.0 Å². The van der Waals surface area contributed by atoms with Crippen LogP contribution in [0.4, 0.5) is 18.9 Å². The van der Waals surface area contributed by atoms with Crippen molar-refractivity contribution in [3.63, 3.8) is 0 Å². The summed E-state index contributed by atoms with van der Waals surface area (Å²) in [5, 5.41) is 15.1. The van der Waals surface area contributed by atoms with Gasteiger partial charge in [0.1, 0.15) is 11.9 Å². The second-order valence-corrected chi connectivity index (χ2v) is 5.62. The van der Waals surface area contributed by atoms with Gasteiger partial charge in [0.25, 0.3) is 0 Å². The van der Waals surface area contributed by atoms with E-state index in [1.165, 1.54) is 12.1 Å². The number of nitriles is 1. The third kappa shape index (κ3) is 5.77.